The second kappa shape index (κ2) is 6.02. The van der Waals surface area contributed by atoms with E-state index >= 15 is 0 Å². The molecule has 1 atom stereocenters. The lowest BCUT2D eigenvalue weighted by Crippen LogP contribution is -2.47. The summed E-state index contributed by atoms with van der Waals surface area (Å²) in [6, 6.07) is 0.687. The van der Waals surface area contributed by atoms with Crippen LogP contribution in [0.3, 0.4) is 0 Å². The van der Waals surface area contributed by atoms with E-state index < -0.39 is 11.4 Å². The van der Waals surface area contributed by atoms with Gasteiger partial charge in [0, 0.05) is 19.1 Å². The molecule has 0 radical (unpaired) electrons. The third kappa shape index (κ3) is 2.86. The maximum Gasteiger partial charge on any atom is 0.310 e. The maximum absolute atomic E-state index is 11.8. The highest BCUT2D eigenvalue weighted by Gasteiger charge is 2.42. The van der Waals surface area contributed by atoms with Crippen LogP contribution in [0.1, 0.15) is 51.4 Å². The predicted molar refractivity (Wildman–Crippen MR) is 78.8 cm³/mol. The monoisotopic (exact) mass is 280 g/mol. The molecule has 0 aromatic rings. The van der Waals surface area contributed by atoms with E-state index in [-0.39, 0.29) is 0 Å². The van der Waals surface area contributed by atoms with Gasteiger partial charge in [-0.1, -0.05) is 19.3 Å². The number of fused-ring (bicyclic) bond motifs is 1. The molecule has 114 valence electrons. The number of carboxylic acids is 1. The molecule has 3 fully saturated rings. The lowest BCUT2D eigenvalue weighted by atomic mass is 9.73. The molecule has 4 nitrogen and oxygen atoms in total. The molecule has 2 saturated heterocycles. The Bertz CT molecular complexity index is 352. The van der Waals surface area contributed by atoms with Crippen LogP contribution in [0.4, 0.5) is 0 Å². The lowest BCUT2D eigenvalue weighted by Gasteiger charge is -2.38. The molecule has 1 saturated carbocycles. The zero-order chi connectivity index (χ0) is 14.0. The smallest absolute Gasteiger partial charge is 0.310 e. The van der Waals surface area contributed by atoms with Crippen molar-refractivity contribution in [2.45, 2.75) is 57.4 Å². The second-order valence-electron chi connectivity index (χ2n) is 7.07. The summed E-state index contributed by atoms with van der Waals surface area (Å²) in [5.74, 6) is -0.551. The summed E-state index contributed by atoms with van der Waals surface area (Å²) >= 11 is 0. The quantitative estimate of drug-likeness (QED) is 0.860. The fourth-order valence-corrected chi connectivity index (χ4v) is 4.52. The minimum Gasteiger partial charge on any atom is -0.481 e. The first-order chi connectivity index (χ1) is 9.70. The Balaban J connectivity index is 1.66. The number of rotatable bonds is 3. The molecule has 0 aromatic carbocycles. The van der Waals surface area contributed by atoms with Gasteiger partial charge in [-0.25, -0.2) is 0 Å². The molecule has 20 heavy (non-hydrogen) atoms. The number of nitrogens with zero attached hydrogens (tertiary/aromatic N) is 2. The Kier molecular flexibility index (Phi) is 4.32. The topological polar surface area (TPSA) is 43.8 Å². The Morgan fingerprint density at radius 1 is 1.05 bits per heavy atom. The van der Waals surface area contributed by atoms with Gasteiger partial charge in [-0.05, 0) is 51.7 Å². The van der Waals surface area contributed by atoms with Gasteiger partial charge in [0.2, 0.25) is 0 Å². The van der Waals surface area contributed by atoms with E-state index in [0.717, 1.165) is 45.3 Å². The van der Waals surface area contributed by atoms with E-state index in [1.54, 1.807) is 0 Å². The predicted octanol–water partition coefficient (Wildman–Crippen LogP) is 2.19. The Hall–Kier alpha value is -0.610. The van der Waals surface area contributed by atoms with Crippen LogP contribution in [0.15, 0.2) is 0 Å². The number of aliphatic carboxylic acids is 1. The molecule has 0 spiro atoms. The van der Waals surface area contributed by atoms with Gasteiger partial charge in [0.1, 0.15) is 0 Å². The average Bonchev–Trinajstić information content (AvgIpc) is 2.79. The maximum atomic E-state index is 11.8. The second-order valence-corrected chi connectivity index (χ2v) is 7.07. The Morgan fingerprint density at radius 2 is 1.80 bits per heavy atom. The number of carboxylic acid groups (broad SMARTS) is 1. The van der Waals surface area contributed by atoms with Crippen LogP contribution < -0.4 is 0 Å². The molecular formula is C16H28N2O2. The number of hydrogen-bond acceptors (Lipinski definition) is 3. The van der Waals surface area contributed by atoms with E-state index in [0.29, 0.717) is 6.04 Å². The summed E-state index contributed by atoms with van der Waals surface area (Å²) in [7, 11) is 0. The molecule has 2 aliphatic heterocycles. The average molecular weight is 280 g/mol. The van der Waals surface area contributed by atoms with Gasteiger partial charge in [-0.2, -0.15) is 0 Å². The van der Waals surface area contributed by atoms with Crippen LogP contribution in [0.25, 0.3) is 0 Å². The van der Waals surface area contributed by atoms with Crippen LogP contribution in [0, 0.1) is 5.41 Å². The zero-order valence-electron chi connectivity index (χ0n) is 12.5. The first-order valence-electron chi connectivity index (χ1n) is 8.39. The summed E-state index contributed by atoms with van der Waals surface area (Å²) in [6.07, 6.45) is 8.99. The van der Waals surface area contributed by atoms with Gasteiger partial charge in [0.05, 0.1) is 5.41 Å². The van der Waals surface area contributed by atoms with E-state index in [1.807, 2.05) is 0 Å². The number of hydrogen-bond donors (Lipinski definition) is 1. The summed E-state index contributed by atoms with van der Waals surface area (Å²) in [6.45, 7) is 5.42. The van der Waals surface area contributed by atoms with Crippen molar-refractivity contribution in [3.63, 3.8) is 0 Å². The SMILES string of the molecule is O=C(O)C1(CN2CCCN3CCCC3C2)CCCCC1. The molecule has 3 rings (SSSR count). The van der Waals surface area contributed by atoms with Gasteiger partial charge in [0.15, 0.2) is 0 Å². The molecule has 1 aliphatic carbocycles. The number of carbonyl (C=O) groups is 1. The van der Waals surface area contributed by atoms with Gasteiger partial charge in [-0.3, -0.25) is 9.69 Å². The highest BCUT2D eigenvalue weighted by Crippen LogP contribution is 2.38. The highest BCUT2D eigenvalue weighted by molar-refractivity contribution is 5.75. The van der Waals surface area contributed by atoms with E-state index in [9.17, 15) is 9.90 Å². The van der Waals surface area contributed by atoms with Crippen LogP contribution in [0.5, 0.6) is 0 Å². The zero-order valence-corrected chi connectivity index (χ0v) is 12.5. The Morgan fingerprint density at radius 3 is 2.55 bits per heavy atom. The molecule has 0 aromatic heterocycles. The largest absolute Gasteiger partial charge is 0.481 e. The van der Waals surface area contributed by atoms with Gasteiger partial charge in [0.25, 0.3) is 0 Å². The van der Waals surface area contributed by atoms with Gasteiger partial charge < -0.3 is 10.0 Å². The lowest BCUT2D eigenvalue weighted by molar-refractivity contribution is -0.152. The standard InChI is InChI=1S/C16H28N2O2/c19-15(20)16(7-2-1-3-8-16)13-17-9-5-11-18-10-4-6-14(18)12-17/h14H,1-13H2,(H,19,20). The fraction of sp³-hybridized carbons (Fsp3) is 0.938. The molecule has 4 heteroatoms. The van der Waals surface area contributed by atoms with E-state index in [4.69, 9.17) is 0 Å². The van der Waals surface area contributed by atoms with Crippen LogP contribution >= 0.6 is 0 Å². The summed E-state index contributed by atoms with van der Waals surface area (Å²) in [5.41, 5.74) is -0.452. The van der Waals surface area contributed by atoms with Gasteiger partial charge >= 0.3 is 5.97 Å². The van der Waals surface area contributed by atoms with Crippen molar-refractivity contribution in [1.29, 1.82) is 0 Å². The van der Waals surface area contributed by atoms with Crippen molar-refractivity contribution in [1.82, 2.24) is 9.80 Å². The molecule has 2 heterocycles. The van der Waals surface area contributed by atoms with Gasteiger partial charge in [-0.15, -0.1) is 0 Å². The van der Waals surface area contributed by atoms with Crippen LogP contribution in [-0.4, -0.2) is 59.6 Å². The highest BCUT2D eigenvalue weighted by atomic mass is 16.4. The van der Waals surface area contributed by atoms with Crippen molar-refractivity contribution < 1.29 is 9.90 Å². The molecule has 3 aliphatic rings. The molecule has 0 amide bonds. The van der Waals surface area contributed by atoms with E-state index in [1.165, 1.54) is 38.8 Å². The summed E-state index contributed by atoms with van der Waals surface area (Å²) < 4.78 is 0. The third-order valence-electron chi connectivity index (χ3n) is 5.68. The van der Waals surface area contributed by atoms with Crippen molar-refractivity contribution in [2.24, 2.45) is 5.41 Å². The molecule has 0 bridgehead atoms. The summed E-state index contributed by atoms with van der Waals surface area (Å²) in [5, 5.41) is 9.74. The van der Waals surface area contributed by atoms with Crippen LogP contribution in [0.2, 0.25) is 0 Å². The minimum atomic E-state index is -0.551. The first-order valence-corrected chi connectivity index (χ1v) is 8.39. The Labute approximate surface area is 122 Å². The summed E-state index contributed by atoms with van der Waals surface area (Å²) in [4.78, 5) is 16.9. The van der Waals surface area contributed by atoms with Crippen LogP contribution in [-0.2, 0) is 4.79 Å². The van der Waals surface area contributed by atoms with Crippen molar-refractivity contribution in [3.8, 4) is 0 Å². The molecular weight excluding hydrogens is 252 g/mol. The van der Waals surface area contributed by atoms with E-state index in [2.05, 4.69) is 9.80 Å². The first kappa shape index (κ1) is 14.3. The fourth-order valence-electron chi connectivity index (χ4n) is 4.52. The van der Waals surface area contributed by atoms with Crippen molar-refractivity contribution in [3.05, 3.63) is 0 Å². The molecule has 1 unspecified atom stereocenters. The van der Waals surface area contributed by atoms with Crippen molar-refractivity contribution >= 4 is 5.97 Å². The van der Waals surface area contributed by atoms with Crippen molar-refractivity contribution in [2.75, 3.05) is 32.7 Å². The molecule has 1 N–H and O–H groups in total. The third-order valence-corrected chi connectivity index (χ3v) is 5.68. The minimum absolute atomic E-state index is 0.452. The normalized spacial score (nSPS) is 31.7.